The number of carbonyl (C=O) groups is 1. The molecule has 2 unspecified atom stereocenters. The van der Waals surface area contributed by atoms with E-state index in [9.17, 15) is 4.79 Å². The second-order valence-electron chi connectivity index (χ2n) is 10.3. The summed E-state index contributed by atoms with van der Waals surface area (Å²) in [6.07, 6.45) is 6.26. The first-order chi connectivity index (χ1) is 18.3. The number of thiophene rings is 1. The summed E-state index contributed by atoms with van der Waals surface area (Å²) in [6.45, 7) is 0.380. The van der Waals surface area contributed by atoms with Crippen LogP contribution in [0, 0.1) is 0 Å². The van der Waals surface area contributed by atoms with Gasteiger partial charge in [-0.1, -0.05) is 84.9 Å². The smallest absolute Gasteiger partial charge is 0.410 e. The summed E-state index contributed by atoms with van der Waals surface area (Å²) in [5, 5.41) is 0. The van der Waals surface area contributed by atoms with E-state index in [-0.39, 0.29) is 24.1 Å². The summed E-state index contributed by atoms with van der Waals surface area (Å²) < 4.78 is 6.08. The standard InChI is InChI=1S/C33H29NO2S/c35-33(36-21-30-28-15-6-4-13-26(28)27-14-5-7-16-29(27)30)34-24-11-8-12-25(34)20-23(19-24)32-18-17-31(37-32)22-9-2-1-3-10-22/h1-7,9-10,13-19,24-25,30H,8,11-12,20-21H2. The zero-order valence-electron chi connectivity index (χ0n) is 20.7. The molecule has 2 aliphatic heterocycles. The van der Waals surface area contributed by atoms with E-state index in [1.54, 1.807) is 0 Å². The van der Waals surface area contributed by atoms with Crippen LogP contribution in [0.2, 0.25) is 0 Å². The maximum atomic E-state index is 13.5. The Bertz CT molecular complexity index is 1440. The van der Waals surface area contributed by atoms with Crippen molar-refractivity contribution < 1.29 is 9.53 Å². The Morgan fingerprint density at radius 2 is 1.49 bits per heavy atom. The molecule has 1 aromatic heterocycles. The van der Waals surface area contributed by atoms with Gasteiger partial charge in [-0.2, -0.15) is 0 Å². The predicted octanol–water partition coefficient (Wildman–Crippen LogP) is 8.37. The molecule has 2 atom stereocenters. The molecular weight excluding hydrogens is 474 g/mol. The van der Waals surface area contributed by atoms with Crippen molar-refractivity contribution in [2.45, 2.75) is 43.7 Å². The molecule has 37 heavy (non-hydrogen) atoms. The Morgan fingerprint density at radius 3 is 2.22 bits per heavy atom. The fraction of sp³-hybridized carbons (Fsp3) is 0.242. The van der Waals surface area contributed by atoms with Crippen LogP contribution in [0.1, 0.15) is 47.6 Å². The lowest BCUT2D eigenvalue weighted by Gasteiger charge is -2.44. The third kappa shape index (κ3) is 4.00. The summed E-state index contributed by atoms with van der Waals surface area (Å²) in [5.74, 6) is 0.0922. The van der Waals surface area contributed by atoms with Crippen molar-refractivity contribution in [2.24, 2.45) is 0 Å². The van der Waals surface area contributed by atoms with Crippen molar-refractivity contribution in [3.63, 3.8) is 0 Å². The quantitative estimate of drug-likeness (QED) is 0.280. The van der Waals surface area contributed by atoms with Crippen LogP contribution in [0.5, 0.6) is 0 Å². The fourth-order valence-electron chi connectivity index (χ4n) is 6.43. The van der Waals surface area contributed by atoms with Gasteiger partial charge < -0.3 is 4.74 Å². The Hall–Kier alpha value is -3.63. The molecule has 4 aromatic rings. The molecule has 1 aliphatic carbocycles. The molecule has 2 bridgehead atoms. The van der Waals surface area contributed by atoms with Crippen LogP contribution in [-0.4, -0.2) is 29.7 Å². The lowest BCUT2D eigenvalue weighted by molar-refractivity contribution is 0.0539. The van der Waals surface area contributed by atoms with Crippen LogP contribution in [0.15, 0.2) is 97.1 Å². The van der Waals surface area contributed by atoms with Gasteiger partial charge in [0.15, 0.2) is 0 Å². The summed E-state index contributed by atoms with van der Waals surface area (Å²) in [5.41, 5.74) is 7.66. The maximum Gasteiger partial charge on any atom is 0.410 e. The van der Waals surface area contributed by atoms with Crippen LogP contribution in [0.25, 0.3) is 27.1 Å². The molecule has 1 amide bonds. The highest BCUT2D eigenvalue weighted by Crippen LogP contribution is 2.45. The van der Waals surface area contributed by atoms with E-state index in [2.05, 4.69) is 97.1 Å². The molecule has 1 saturated heterocycles. The molecule has 3 heterocycles. The number of hydrogen-bond donors (Lipinski definition) is 0. The predicted molar refractivity (Wildman–Crippen MR) is 151 cm³/mol. The molecule has 4 heteroatoms. The molecular formula is C33H29NO2S. The number of hydrogen-bond acceptors (Lipinski definition) is 3. The van der Waals surface area contributed by atoms with Crippen LogP contribution < -0.4 is 0 Å². The number of nitrogens with zero attached hydrogens (tertiary/aromatic N) is 1. The number of fused-ring (bicyclic) bond motifs is 5. The maximum absolute atomic E-state index is 13.5. The molecule has 0 radical (unpaired) electrons. The Morgan fingerprint density at radius 1 is 0.811 bits per heavy atom. The summed E-state index contributed by atoms with van der Waals surface area (Å²) >= 11 is 1.85. The molecule has 3 nitrogen and oxygen atoms in total. The second-order valence-corrected chi connectivity index (χ2v) is 11.4. The first-order valence-corrected chi connectivity index (χ1v) is 14.1. The van der Waals surface area contributed by atoms with E-state index in [0.29, 0.717) is 6.61 Å². The normalized spacial score (nSPS) is 20.2. The zero-order valence-corrected chi connectivity index (χ0v) is 21.5. The van der Waals surface area contributed by atoms with Gasteiger partial charge in [0.05, 0.1) is 6.04 Å². The lowest BCUT2D eigenvalue weighted by Crippen LogP contribution is -2.51. The molecule has 3 aromatic carbocycles. The van der Waals surface area contributed by atoms with Crippen LogP contribution in [0.3, 0.4) is 0 Å². The third-order valence-corrected chi connectivity index (χ3v) is 9.37. The van der Waals surface area contributed by atoms with Crippen molar-refractivity contribution >= 4 is 23.0 Å². The molecule has 1 fully saturated rings. The summed E-state index contributed by atoms with van der Waals surface area (Å²) in [6, 6.07) is 32.4. The van der Waals surface area contributed by atoms with Gasteiger partial charge >= 0.3 is 6.09 Å². The minimum Gasteiger partial charge on any atom is -0.448 e. The van der Waals surface area contributed by atoms with Crippen molar-refractivity contribution in [3.8, 4) is 21.6 Å². The van der Waals surface area contributed by atoms with E-state index >= 15 is 0 Å². The van der Waals surface area contributed by atoms with Gasteiger partial charge in [0.25, 0.3) is 0 Å². The number of carbonyl (C=O) groups excluding carboxylic acids is 1. The van der Waals surface area contributed by atoms with E-state index < -0.39 is 0 Å². The van der Waals surface area contributed by atoms with Crippen LogP contribution in [0.4, 0.5) is 4.79 Å². The Kier molecular flexibility index (Phi) is 5.70. The topological polar surface area (TPSA) is 29.5 Å². The van der Waals surface area contributed by atoms with E-state index in [1.807, 2.05) is 16.2 Å². The van der Waals surface area contributed by atoms with Crippen LogP contribution >= 0.6 is 11.3 Å². The average molecular weight is 504 g/mol. The van der Waals surface area contributed by atoms with Crippen LogP contribution in [-0.2, 0) is 4.74 Å². The second kappa shape index (κ2) is 9.35. The minimum atomic E-state index is -0.164. The van der Waals surface area contributed by atoms with Gasteiger partial charge in [0.2, 0.25) is 0 Å². The van der Waals surface area contributed by atoms with Crippen molar-refractivity contribution in [1.29, 1.82) is 0 Å². The lowest BCUT2D eigenvalue weighted by atomic mass is 9.85. The SMILES string of the molecule is O=C(OCC1c2ccccc2-c2ccccc21)N1C2C=C(c3ccc(-c4ccccc4)s3)CC1CCC2. The third-order valence-electron chi connectivity index (χ3n) is 8.16. The first kappa shape index (κ1) is 22.6. The van der Waals surface area contributed by atoms with E-state index in [4.69, 9.17) is 4.74 Å². The highest BCUT2D eigenvalue weighted by Gasteiger charge is 2.39. The van der Waals surface area contributed by atoms with Gasteiger partial charge in [-0.05, 0) is 71.2 Å². The number of piperidine rings is 1. The van der Waals surface area contributed by atoms with Gasteiger partial charge in [-0.3, -0.25) is 4.90 Å². The van der Waals surface area contributed by atoms with Crippen molar-refractivity contribution in [3.05, 3.63) is 113 Å². The number of amides is 1. The highest BCUT2D eigenvalue weighted by molar-refractivity contribution is 7.16. The van der Waals surface area contributed by atoms with E-state index in [0.717, 1.165) is 25.7 Å². The molecule has 184 valence electrons. The van der Waals surface area contributed by atoms with E-state index in [1.165, 1.54) is 43.1 Å². The first-order valence-electron chi connectivity index (χ1n) is 13.3. The molecule has 0 N–H and O–H groups in total. The number of benzene rings is 3. The fourth-order valence-corrected chi connectivity index (χ4v) is 7.48. The van der Waals surface area contributed by atoms with Crippen molar-refractivity contribution in [1.82, 2.24) is 4.90 Å². The van der Waals surface area contributed by atoms with Crippen molar-refractivity contribution in [2.75, 3.05) is 6.61 Å². The van der Waals surface area contributed by atoms with Gasteiger partial charge in [0, 0.05) is 21.7 Å². The number of ether oxygens (including phenoxy) is 1. The van der Waals surface area contributed by atoms with Gasteiger partial charge in [-0.15, -0.1) is 11.3 Å². The highest BCUT2D eigenvalue weighted by atomic mass is 32.1. The molecule has 7 rings (SSSR count). The van der Waals surface area contributed by atoms with Gasteiger partial charge in [0.1, 0.15) is 6.61 Å². The largest absolute Gasteiger partial charge is 0.448 e. The molecule has 3 aliphatic rings. The summed E-state index contributed by atoms with van der Waals surface area (Å²) in [7, 11) is 0. The van der Waals surface area contributed by atoms with Gasteiger partial charge in [-0.25, -0.2) is 4.79 Å². The zero-order chi connectivity index (χ0) is 24.8. The molecule has 0 spiro atoms. The monoisotopic (exact) mass is 503 g/mol. The Labute approximate surface area is 222 Å². The molecule has 0 saturated carbocycles. The number of rotatable bonds is 4. The Balaban J connectivity index is 1.10. The summed E-state index contributed by atoms with van der Waals surface area (Å²) in [4.78, 5) is 18.1. The average Bonchev–Trinajstić information content (AvgIpc) is 3.55. The minimum absolute atomic E-state index is 0.0922.